The summed E-state index contributed by atoms with van der Waals surface area (Å²) in [5.74, 6) is 0. The molecule has 2 heterocycles. The Bertz CT molecular complexity index is 217. The van der Waals surface area contributed by atoms with Gasteiger partial charge in [0.05, 0.1) is 6.04 Å². The number of rotatable bonds is 1. The molecule has 0 aliphatic carbocycles. The summed E-state index contributed by atoms with van der Waals surface area (Å²) in [7, 11) is 0. The van der Waals surface area contributed by atoms with Crippen LogP contribution in [0.5, 0.6) is 0 Å². The summed E-state index contributed by atoms with van der Waals surface area (Å²) in [4.78, 5) is 3.95. The van der Waals surface area contributed by atoms with Crippen LogP contribution in [0.4, 0.5) is 0 Å². The lowest BCUT2D eigenvalue weighted by atomic mass is 10.1. The average Bonchev–Trinajstić information content (AvgIpc) is 2.58. The van der Waals surface area contributed by atoms with Gasteiger partial charge in [-0.2, -0.15) is 5.53 Å². The van der Waals surface area contributed by atoms with Crippen molar-refractivity contribution in [1.82, 2.24) is 21.4 Å². The highest BCUT2D eigenvalue weighted by Gasteiger charge is 2.14. The van der Waals surface area contributed by atoms with E-state index in [-0.39, 0.29) is 0 Å². The molecule has 1 unspecified atom stereocenters. The van der Waals surface area contributed by atoms with E-state index in [9.17, 15) is 0 Å². The molecular formula is C7H10N4. The zero-order chi connectivity index (χ0) is 7.52. The molecule has 2 rings (SSSR count). The van der Waals surface area contributed by atoms with Crippen molar-refractivity contribution in [2.45, 2.75) is 6.04 Å². The molecule has 4 heteroatoms. The Morgan fingerprint density at radius 1 is 1.36 bits per heavy atom. The van der Waals surface area contributed by atoms with E-state index in [1.807, 2.05) is 12.1 Å². The first kappa shape index (κ1) is 6.72. The van der Waals surface area contributed by atoms with Crippen molar-refractivity contribution in [2.24, 2.45) is 0 Å². The van der Waals surface area contributed by atoms with Gasteiger partial charge in [-0.3, -0.25) is 4.98 Å². The van der Waals surface area contributed by atoms with Crippen molar-refractivity contribution >= 4 is 0 Å². The van der Waals surface area contributed by atoms with Crippen molar-refractivity contribution in [3.8, 4) is 0 Å². The van der Waals surface area contributed by atoms with E-state index in [1.54, 1.807) is 12.4 Å². The lowest BCUT2D eigenvalue weighted by molar-refractivity contribution is 0.555. The second kappa shape index (κ2) is 2.96. The molecule has 11 heavy (non-hydrogen) atoms. The number of pyridine rings is 1. The van der Waals surface area contributed by atoms with Crippen molar-refractivity contribution in [2.75, 3.05) is 6.54 Å². The fourth-order valence-corrected chi connectivity index (χ4v) is 1.14. The van der Waals surface area contributed by atoms with Crippen LogP contribution in [0.3, 0.4) is 0 Å². The van der Waals surface area contributed by atoms with Gasteiger partial charge in [-0.25, -0.2) is 10.9 Å². The predicted octanol–water partition coefficient (Wildman–Crippen LogP) is -0.265. The normalized spacial score (nSPS) is 23.8. The molecule has 0 radical (unpaired) electrons. The zero-order valence-corrected chi connectivity index (χ0v) is 6.04. The molecule has 3 N–H and O–H groups in total. The van der Waals surface area contributed by atoms with Gasteiger partial charge < -0.3 is 0 Å². The highest BCUT2D eigenvalue weighted by molar-refractivity contribution is 5.15. The lowest BCUT2D eigenvalue weighted by Crippen LogP contribution is -2.30. The number of nitrogens with one attached hydrogen (secondary N) is 3. The first-order valence-electron chi connectivity index (χ1n) is 3.60. The van der Waals surface area contributed by atoms with Gasteiger partial charge in [-0.15, -0.1) is 0 Å². The number of hydrogen-bond acceptors (Lipinski definition) is 4. The smallest absolute Gasteiger partial charge is 0.0615 e. The van der Waals surface area contributed by atoms with Crippen LogP contribution in [-0.4, -0.2) is 11.5 Å². The first-order valence-corrected chi connectivity index (χ1v) is 3.60. The van der Waals surface area contributed by atoms with Crippen LogP contribution in [0, 0.1) is 0 Å². The van der Waals surface area contributed by atoms with Gasteiger partial charge in [0, 0.05) is 18.9 Å². The van der Waals surface area contributed by atoms with Crippen molar-refractivity contribution in [3.63, 3.8) is 0 Å². The number of nitrogens with zero attached hydrogens (tertiary/aromatic N) is 1. The molecule has 4 nitrogen and oxygen atoms in total. The molecule has 1 fully saturated rings. The number of hydrazine groups is 2. The van der Waals surface area contributed by atoms with Crippen LogP contribution < -0.4 is 16.4 Å². The summed E-state index contributed by atoms with van der Waals surface area (Å²) in [6, 6.07) is 4.37. The standard InChI is InChI=1S/C7H10N4/c1-3-8-4-2-6(1)7-5-9-11-10-7/h1-4,7,9-11H,5H2. The highest BCUT2D eigenvalue weighted by Crippen LogP contribution is 2.10. The van der Waals surface area contributed by atoms with Gasteiger partial charge >= 0.3 is 0 Å². The summed E-state index contributed by atoms with van der Waals surface area (Å²) >= 11 is 0. The van der Waals surface area contributed by atoms with Crippen LogP contribution >= 0.6 is 0 Å². The SMILES string of the molecule is c1cc(C2CNNN2)ccn1. The summed E-state index contributed by atoms with van der Waals surface area (Å²) in [5.41, 5.74) is 10.2. The summed E-state index contributed by atoms with van der Waals surface area (Å²) in [6.07, 6.45) is 3.60. The maximum absolute atomic E-state index is 3.95. The van der Waals surface area contributed by atoms with E-state index in [0.717, 1.165) is 6.54 Å². The van der Waals surface area contributed by atoms with E-state index in [4.69, 9.17) is 0 Å². The molecule has 0 amide bonds. The van der Waals surface area contributed by atoms with Crippen molar-refractivity contribution in [1.29, 1.82) is 0 Å². The minimum absolute atomic E-state index is 0.359. The third kappa shape index (κ3) is 1.37. The monoisotopic (exact) mass is 150 g/mol. The van der Waals surface area contributed by atoms with E-state index in [2.05, 4.69) is 21.4 Å². The van der Waals surface area contributed by atoms with E-state index in [1.165, 1.54) is 5.56 Å². The first-order chi connectivity index (χ1) is 5.47. The third-order valence-electron chi connectivity index (χ3n) is 1.75. The fourth-order valence-electron chi connectivity index (χ4n) is 1.14. The molecule has 1 aromatic rings. The summed E-state index contributed by atoms with van der Waals surface area (Å²) < 4.78 is 0. The van der Waals surface area contributed by atoms with Gasteiger partial charge in [0.1, 0.15) is 0 Å². The Morgan fingerprint density at radius 2 is 2.18 bits per heavy atom. The highest BCUT2D eigenvalue weighted by atomic mass is 15.6. The zero-order valence-electron chi connectivity index (χ0n) is 6.04. The Morgan fingerprint density at radius 3 is 2.82 bits per heavy atom. The molecule has 0 aromatic carbocycles. The topological polar surface area (TPSA) is 49.0 Å². The molecule has 1 aromatic heterocycles. The number of hydrogen-bond donors (Lipinski definition) is 3. The van der Waals surface area contributed by atoms with Gasteiger partial charge in [-0.1, -0.05) is 0 Å². The fraction of sp³-hybridized carbons (Fsp3) is 0.286. The van der Waals surface area contributed by atoms with Crippen molar-refractivity contribution < 1.29 is 0 Å². The van der Waals surface area contributed by atoms with Gasteiger partial charge in [0.25, 0.3) is 0 Å². The number of aromatic nitrogens is 1. The van der Waals surface area contributed by atoms with Crippen LogP contribution in [0.15, 0.2) is 24.5 Å². The molecule has 0 bridgehead atoms. The predicted molar refractivity (Wildman–Crippen MR) is 41.3 cm³/mol. The second-order valence-electron chi connectivity index (χ2n) is 2.48. The maximum Gasteiger partial charge on any atom is 0.0615 e. The molecule has 1 atom stereocenters. The van der Waals surface area contributed by atoms with E-state index < -0.39 is 0 Å². The summed E-state index contributed by atoms with van der Waals surface area (Å²) in [6.45, 7) is 0.907. The molecule has 0 spiro atoms. The Hall–Kier alpha value is -0.970. The summed E-state index contributed by atoms with van der Waals surface area (Å²) in [5, 5.41) is 0. The molecular weight excluding hydrogens is 140 g/mol. The van der Waals surface area contributed by atoms with Crippen LogP contribution in [0.2, 0.25) is 0 Å². The minimum Gasteiger partial charge on any atom is -0.265 e. The van der Waals surface area contributed by atoms with Crippen LogP contribution in [0.25, 0.3) is 0 Å². The Labute approximate surface area is 65.0 Å². The van der Waals surface area contributed by atoms with E-state index in [0.29, 0.717) is 6.04 Å². The second-order valence-corrected chi connectivity index (χ2v) is 2.48. The molecule has 58 valence electrons. The van der Waals surface area contributed by atoms with Crippen LogP contribution in [0.1, 0.15) is 11.6 Å². The van der Waals surface area contributed by atoms with E-state index >= 15 is 0 Å². The third-order valence-corrected chi connectivity index (χ3v) is 1.75. The lowest BCUT2D eigenvalue weighted by Gasteiger charge is -2.06. The maximum atomic E-state index is 3.95. The Kier molecular flexibility index (Phi) is 1.81. The van der Waals surface area contributed by atoms with Gasteiger partial charge in [0.2, 0.25) is 0 Å². The average molecular weight is 150 g/mol. The molecule has 1 aliphatic heterocycles. The largest absolute Gasteiger partial charge is 0.265 e. The van der Waals surface area contributed by atoms with Gasteiger partial charge in [0.15, 0.2) is 0 Å². The molecule has 0 saturated carbocycles. The molecule has 1 saturated heterocycles. The molecule has 1 aliphatic rings. The van der Waals surface area contributed by atoms with Crippen molar-refractivity contribution in [3.05, 3.63) is 30.1 Å². The quantitative estimate of drug-likeness (QED) is 0.516. The van der Waals surface area contributed by atoms with Crippen LogP contribution in [-0.2, 0) is 0 Å². The van der Waals surface area contributed by atoms with Gasteiger partial charge in [-0.05, 0) is 17.7 Å². The minimum atomic E-state index is 0.359. The Balaban J connectivity index is 2.16.